The molecule has 162 valence electrons. The van der Waals surface area contributed by atoms with Crippen LogP contribution in [-0.4, -0.2) is 42.8 Å². The van der Waals surface area contributed by atoms with Crippen molar-refractivity contribution in [3.63, 3.8) is 0 Å². The molecule has 0 saturated carbocycles. The van der Waals surface area contributed by atoms with Crippen molar-refractivity contribution in [2.45, 2.75) is 20.1 Å². The van der Waals surface area contributed by atoms with Gasteiger partial charge in [-0.05, 0) is 19.1 Å². The van der Waals surface area contributed by atoms with E-state index in [2.05, 4.69) is 10.5 Å². The lowest BCUT2D eigenvalue weighted by Crippen LogP contribution is -2.33. The van der Waals surface area contributed by atoms with Crippen molar-refractivity contribution in [2.75, 3.05) is 26.1 Å². The fourth-order valence-corrected chi connectivity index (χ4v) is 2.94. The molecule has 0 radical (unpaired) electrons. The Labute approximate surface area is 178 Å². The lowest BCUT2D eigenvalue weighted by molar-refractivity contribution is -0.384. The molecule has 0 saturated heterocycles. The molecule has 0 unspecified atom stereocenters. The van der Waals surface area contributed by atoms with Crippen LogP contribution in [0, 0.1) is 28.4 Å². The summed E-state index contributed by atoms with van der Waals surface area (Å²) in [5, 5.41) is 24.2. The minimum Gasteiger partial charge on any atom is -0.380 e. The molecule has 1 aromatic heterocycles. The third-order valence-electron chi connectivity index (χ3n) is 4.40. The molecule has 0 bridgehead atoms. The molecule has 0 fully saturated rings. The largest absolute Gasteiger partial charge is 0.380 e. The number of hydrazone groups is 1. The van der Waals surface area contributed by atoms with Crippen LogP contribution in [0.1, 0.15) is 22.4 Å². The van der Waals surface area contributed by atoms with Crippen molar-refractivity contribution in [2.24, 2.45) is 5.10 Å². The number of aryl methyl sites for hydroxylation is 1. The predicted octanol–water partition coefficient (Wildman–Crippen LogP) is 1.30. The van der Waals surface area contributed by atoms with Crippen LogP contribution in [0.2, 0.25) is 0 Å². The molecule has 31 heavy (non-hydrogen) atoms. The Hall–Kier alpha value is -4.04. The number of rotatable bonds is 8. The van der Waals surface area contributed by atoms with Crippen LogP contribution in [0.4, 0.5) is 11.4 Å². The summed E-state index contributed by atoms with van der Waals surface area (Å²) < 4.78 is 6.17. The molecule has 2 aromatic rings. The molecule has 11 nitrogen and oxygen atoms in total. The second-order valence-corrected chi connectivity index (χ2v) is 6.81. The number of carbonyl (C=O) groups excluding carboxylic acids is 1. The molecular formula is C20H22N6O5. The van der Waals surface area contributed by atoms with E-state index in [1.54, 1.807) is 38.1 Å². The van der Waals surface area contributed by atoms with E-state index in [1.807, 2.05) is 6.07 Å². The number of carbonyl (C=O) groups is 1. The number of methoxy groups -OCH3 is 1. The van der Waals surface area contributed by atoms with Crippen molar-refractivity contribution in [3.05, 3.63) is 67.1 Å². The molecule has 1 amide bonds. The van der Waals surface area contributed by atoms with Crippen molar-refractivity contribution in [1.29, 1.82) is 5.26 Å². The molecule has 11 heteroatoms. The number of hydrogen-bond acceptors (Lipinski definition) is 8. The number of ether oxygens (including phenoxy) is 1. The number of benzene rings is 1. The number of hydrogen-bond donors (Lipinski definition) is 1. The molecular weight excluding hydrogens is 404 g/mol. The molecule has 0 aliphatic heterocycles. The van der Waals surface area contributed by atoms with Crippen LogP contribution in [0.3, 0.4) is 0 Å². The van der Waals surface area contributed by atoms with Gasteiger partial charge in [0.15, 0.2) is 0 Å². The van der Waals surface area contributed by atoms with Gasteiger partial charge in [-0.1, -0.05) is 0 Å². The second-order valence-electron chi connectivity index (χ2n) is 6.81. The number of nitro benzene ring substituents is 1. The number of pyridine rings is 1. The highest BCUT2D eigenvalue weighted by molar-refractivity contribution is 5.90. The SMILES string of the molecule is COCc1cc(C)n(CC(=O)N/N=C\c2cc([N+](=O)[O-])ccc2N(C)C)c(=O)c1C#N. The number of nitrogens with zero attached hydrogens (tertiary/aromatic N) is 5. The molecule has 1 aromatic carbocycles. The van der Waals surface area contributed by atoms with Crippen molar-refractivity contribution >= 4 is 23.5 Å². The van der Waals surface area contributed by atoms with E-state index >= 15 is 0 Å². The number of anilines is 1. The van der Waals surface area contributed by atoms with Gasteiger partial charge in [0.2, 0.25) is 0 Å². The minimum atomic E-state index is -0.596. The summed E-state index contributed by atoms with van der Waals surface area (Å²) >= 11 is 0. The first-order chi connectivity index (χ1) is 14.7. The normalized spacial score (nSPS) is 10.7. The zero-order valence-electron chi connectivity index (χ0n) is 17.6. The van der Waals surface area contributed by atoms with E-state index in [-0.39, 0.29) is 24.4 Å². The third kappa shape index (κ3) is 5.52. The van der Waals surface area contributed by atoms with E-state index in [1.165, 1.54) is 30.0 Å². The van der Waals surface area contributed by atoms with E-state index in [0.29, 0.717) is 22.5 Å². The van der Waals surface area contributed by atoms with E-state index in [9.17, 15) is 25.0 Å². The van der Waals surface area contributed by atoms with Crippen LogP contribution in [0.25, 0.3) is 0 Å². The van der Waals surface area contributed by atoms with Crippen LogP contribution in [0.5, 0.6) is 0 Å². The summed E-state index contributed by atoms with van der Waals surface area (Å²) in [5.41, 5.74) is 3.55. The Morgan fingerprint density at radius 1 is 1.42 bits per heavy atom. The summed E-state index contributed by atoms with van der Waals surface area (Å²) in [6.07, 6.45) is 1.29. The smallest absolute Gasteiger partial charge is 0.270 e. The Morgan fingerprint density at radius 2 is 2.13 bits per heavy atom. The zero-order valence-corrected chi connectivity index (χ0v) is 17.6. The molecule has 0 atom stereocenters. The Kier molecular flexibility index (Phi) is 7.59. The topological polar surface area (TPSA) is 143 Å². The van der Waals surface area contributed by atoms with Gasteiger partial charge < -0.3 is 14.2 Å². The van der Waals surface area contributed by atoms with Gasteiger partial charge in [-0.15, -0.1) is 0 Å². The maximum absolute atomic E-state index is 12.6. The average molecular weight is 426 g/mol. The van der Waals surface area contributed by atoms with E-state index < -0.39 is 16.4 Å². The molecule has 1 N–H and O–H groups in total. The standard InChI is InChI=1S/C20H22N6O5/c1-13-7-15(12-31-4)17(9-21)20(28)25(13)11-19(27)23-22-10-14-8-16(26(29)30)5-6-18(14)24(2)3/h5-8,10H,11-12H2,1-4H3,(H,23,27)/b22-10-. The predicted molar refractivity (Wildman–Crippen MR) is 114 cm³/mol. The van der Waals surface area contributed by atoms with Gasteiger partial charge in [0, 0.05) is 55.8 Å². The van der Waals surface area contributed by atoms with Crippen LogP contribution >= 0.6 is 0 Å². The average Bonchev–Trinajstić information content (AvgIpc) is 2.71. The maximum Gasteiger partial charge on any atom is 0.270 e. The number of aromatic nitrogens is 1. The first kappa shape index (κ1) is 23.2. The van der Waals surface area contributed by atoms with Crippen molar-refractivity contribution < 1.29 is 14.5 Å². The molecule has 2 rings (SSSR count). The van der Waals surface area contributed by atoms with Gasteiger partial charge in [0.25, 0.3) is 17.2 Å². The monoisotopic (exact) mass is 426 g/mol. The summed E-state index contributed by atoms with van der Waals surface area (Å²) in [5.74, 6) is -0.596. The number of nitriles is 1. The Bertz CT molecular complexity index is 1130. The van der Waals surface area contributed by atoms with Crippen LogP contribution < -0.4 is 15.9 Å². The number of amides is 1. The quantitative estimate of drug-likeness (QED) is 0.381. The summed E-state index contributed by atoms with van der Waals surface area (Å²) in [7, 11) is 5.00. The Balaban J connectivity index is 2.23. The van der Waals surface area contributed by atoms with Crippen molar-refractivity contribution in [1.82, 2.24) is 9.99 Å². The van der Waals surface area contributed by atoms with Gasteiger partial charge in [-0.2, -0.15) is 10.4 Å². The number of non-ortho nitro benzene ring substituents is 1. The minimum absolute atomic E-state index is 0.0871. The molecule has 0 aliphatic carbocycles. The van der Waals surface area contributed by atoms with Crippen LogP contribution in [0.15, 0.2) is 34.2 Å². The zero-order chi connectivity index (χ0) is 23.1. The van der Waals surface area contributed by atoms with Crippen LogP contribution in [-0.2, 0) is 22.7 Å². The van der Waals surface area contributed by atoms with Gasteiger partial charge in [-0.25, -0.2) is 5.43 Å². The lowest BCUT2D eigenvalue weighted by Gasteiger charge is -2.15. The highest BCUT2D eigenvalue weighted by atomic mass is 16.6. The first-order valence-electron chi connectivity index (χ1n) is 9.09. The fraction of sp³-hybridized carbons (Fsp3) is 0.300. The van der Waals surface area contributed by atoms with Crippen molar-refractivity contribution in [3.8, 4) is 6.07 Å². The number of nitrogens with one attached hydrogen (secondary N) is 1. The van der Waals surface area contributed by atoms with Gasteiger partial charge in [-0.3, -0.25) is 19.7 Å². The first-order valence-corrected chi connectivity index (χ1v) is 9.09. The fourth-order valence-electron chi connectivity index (χ4n) is 2.94. The van der Waals surface area contributed by atoms with E-state index in [4.69, 9.17) is 4.74 Å². The highest BCUT2D eigenvalue weighted by Gasteiger charge is 2.15. The Morgan fingerprint density at radius 3 is 2.71 bits per heavy atom. The number of nitro groups is 1. The molecule has 1 heterocycles. The molecule has 0 spiro atoms. The van der Waals surface area contributed by atoms with Gasteiger partial charge in [0.1, 0.15) is 18.2 Å². The third-order valence-corrected chi connectivity index (χ3v) is 4.40. The highest BCUT2D eigenvalue weighted by Crippen LogP contribution is 2.22. The van der Waals surface area contributed by atoms with Gasteiger partial charge >= 0.3 is 0 Å². The molecule has 0 aliphatic rings. The van der Waals surface area contributed by atoms with E-state index in [0.717, 1.165) is 0 Å². The van der Waals surface area contributed by atoms with Gasteiger partial charge in [0.05, 0.1) is 17.7 Å². The summed E-state index contributed by atoms with van der Waals surface area (Å²) in [4.78, 5) is 37.1. The maximum atomic E-state index is 12.6. The summed E-state index contributed by atoms with van der Waals surface area (Å²) in [6.45, 7) is 1.40. The second kappa shape index (κ2) is 10.1. The summed E-state index contributed by atoms with van der Waals surface area (Å²) in [6, 6.07) is 7.76. The lowest BCUT2D eigenvalue weighted by atomic mass is 10.1.